The topological polar surface area (TPSA) is 43.4 Å². The molecular formula is C13H9BrO3S. The van der Waals surface area contributed by atoms with Gasteiger partial charge in [-0.3, -0.25) is 4.79 Å². The largest absolute Gasteiger partial charge is 0.422 e. The summed E-state index contributed by atoms with van der Waals surface area (Å²) in [5.74, 6) is -0.115. The molecule has 3 nitrogen and oxygen atoms in total. The predicted octanol–water partition coefficient (Wildman–Crippen LogP) is 3.93. The Morgan fingerprint density at radius 3 is 2.61 bits per heavy atom. The molecule has 0 bridgehead atoms. The molecule has 0 atom stereocenters. The molecule has 5 heteroatoms. The van der Waals surface area contributed by atoms with E-state index in [4.69, 9.17) is 4.74 Å². The van der Waals surface area contributed by atoms with Crippen LogP contribution in [0.4, 0.5) is 0 Å². The van der Waals surface area contributed by atoms with Crippen molar-refractivity contribution in [2.75, 3.05) is 0 Å². The summed E-state index contributed by atoms with van der Waals surface area (Å²) in [6, 6.07) is 10.0. The molecule has 1 aromatic heterocycles. The molecule has 0 N–H and O–H groups in total. The monoisotopic (exact) mass is 324 g/mol. The van der Waals surface area contributed by atoms with Gasteiger partial charge in [-0.15, -0.1) is 11.3 Å². The second-order valence-electron chi connectivity index (χ2n) is 3.58. The lowest BCUT2D eigenvalue weighted by Crippen LogP contribution is -2.06. The highest BCUT2D eigenvalue weighted by Gasteiger charge is 2.11. The van der Waals surface area contributed by atoms with Crippen LogP contribution in [0.2, 0.25) is 0 Å². The summed E-state index contributed by atoms with van der Waals surface area (Å²) < 4.78 is 6.07. The van der Waals surface area contributed by atoms with Gasteiger partial charge < -0.3 is 4.74 Å². The van der Waals surface area contributed by atoms with Gasteiger partial charge in [0.2, 0.25) is 0 Å². The van der Waals surface area contributed by atoms with Crippen LogP contribution < -0.4 is 4.74 Å². The minimum atomic E-state index is -0.425. The fraction of sp³-hybridized carbons (Fsp3) is 0.0769. The third-order valence-corrected chi connectivity index (χ3v) is 3.83. The summed E-state index contributed by atoms with van der Waals surface area (Å²) in [7, 11) is 0. The maximum Gasteiger partial charge on any atom is 0.353 e. The van der Waals surface area contributed by atoms with Crippen LogP contribution in [0.5, 0.6) is 5.75 Å². The number of hydrogen-bond donors (Lipinski definition) is 0. The SMILES string of the molecule is CC(=O)c1cccc(OC(=O)c2ccc(Br)s2)c1. The summed E-state index contributed by atoms with van der Waals surface area (Å²) in [6.07, 6.45) is 0. The van der Waals surface area contributed by atoms with Crippen LogP contribution in [0.15, 0.2) is 40.2 Å². The Morgan fingerprint density at radius 1 is 1.22 bits per heavy atom. The fourth-order valence-corrected chi connectivity index (χ4v) is 2.62. The zero-order chi connectivity index (χ0) is 13.1. The Bertz CT molecular complexity index is 604. The van der Waals surface area contributed by atoms with E-state index >= 15 is 0 Å². The molecule has 1 heterocycles. The highest BCUT2D eigenvalue weighted by Crippen LogP contribution is 2.24. The molecule has 2 rings (SSSR count). The molecular weight excluding hydrogens is 316 g/mol. The molecule has 0 saturated heterocycles. The minimum Gasteiger partial charge on any atom is -0.422 e. The molecule has 0 spiro atoms. The van der Waals surface area contributed by atoms with E-state index in [9.17, 15) is 9.59 Å². The number of thiophene rings is 1. The Kier molecular flexibility index (Phi) is 3.93. The number of ketones is 1. The third-order valence-electron chi connectivity index (χ3n) is 2.23. The van der Waals surface area contributed by atoms with Gasteiger partial charge in [-0.05, 0) is 47.1 Å². The third kappa shape index (κ3) is 3.05. The number of esters is 1. The Labute approximate surface area is 117 Å². The van der Waals surface area contributed by atoms with E-state index in [0.29, 0.717) is 16.2 Å². The van der Waals surface area contributed by atoms with Crippen LogP contribution in [0.25, 0.3) is 0 Å². The minimum absolute atomic E-state index is 0.0632. The Balaban J connectivity index is 2.16. The fourth-order valence-electron chi connectivity index (χ4n) is 1.36. The quantitative estimate of drug-likeness (QED) is 0.488. The zero-order valence-corrected chi connectivity index (χ0v) is 11.9. The molecule has 18 heavy (non-hydrogen) atoms. The van der Waals surface area contributed by atoms with Gasteiger partial charge in [0, 0.05) is 5.56 Å². The molecule has 1 aromatic carbocycles. The van der Waals surface area contributed by atoms with Gasteiger partial charge in [0.05, 0.1) is 3.79 Å². The van der Waals surface area contributed by atoms with E-state index in [2.05, 4.69) is 15.9 Å². The molecule has 0 aliphatic rings. The number of rotatable bonds is 3. The van der Waals surface area contributed by atoms with E-state index in [0.717, 1.165) is 3.79 Å². The van der Waals surface area contributed by atoms with Crippen LogP contribution in [0, 0.1) is 0 Å². The number of halogens is 1. The maximum atomic E-state index is 11.8. The van der Waals surface area contributed by atoms with E-state index in [-0.39, 0.29) is 5.78 Å². The predicted molar refractivity (Wildman–Crippen MR) is 73.4 cm³/mol. The highest BCUT2D eigenvalue weighted by molar-refractivity contribution is 9.11. The summed E-state index contributed by atoms with van der Waals surface area (Å²) in [4.78, 5) is 23.5. The first-order chi connectivity index (χ1) is 8.56. The van der Waals surface area contributed by atoms with E-state index in [1.54, 1.807) is 36.4 Å². The summed E-state index contributed by atoms with van der Waals surface area (Å²) >= 11 is 4.58. The van der Waals surface area contributed by atoms with Crippen molar-refractivity contribution in [3.8, 4) is 5.75 Å². The number of Topliss-reactive ketones (excluding diaryl/α,β-unsaturated/α-hetero) is 1. The van der Waals surface area contributed by atoms with E-state index < -0.39 is 5.97 Å². The van der Waals surface area contributed by atoms with Crippen molar-refractivity contribution < 1.29 is 14.3 Å². The van der Waals surface area contributed by atoms with Gasteiger partial charge >= 0.3 is 5.97 Å². The first kappa shape index (κ1) is 13.0. The van der Waals surface area contributed by atoms with Crippen LogP contribution in [-0.2, 0) is 0 Å². The summed E-state index contributed by atoms with van der Waals surface area (Å²) in [5, 5.41) is 0. The van der Waals surface area contributed by atoms with Crippen LogP contribution in [0.1, 0.15) is 27.0 Å². The van der Waals surface area contributed by atoms with Gasteiger partial charge in [0.15, 0.2) is 5.78 Å². The lowest BCUT2D eigenvalue weighted by atomic mass is 10.1. The molecule has 0 aliphatic heterocycles. The second kappa shape index (κ2) is 5.46. The van der Waals surface area contributed by atoms with Crippen molar-refractivity contribution in [3.05, 3.63) is 50.6 Å². The van der Waals surface area contributed by atoms with Gasteiger partial charge in [-0.25, -0.2) is 4.79 Å². The summed E-state index contributed by atoms with van der Waals surface area (Å²) in [5.41, 5.74) is 0.521. The number of hydrogen-bond acceptors (Lipinski definition) is 4. The molecule has 0 aliphatic carbocycles. The Morgan fingerprint density at radius 2 is 2.00 bits per heavy atom. The molecule has 92 valence electrons. The average Bonchev–Trinajstić information content (AvgIpc) is 2.76. The lowest BCUT2D eigenvalue weighted by molar-refractivity contribution is 0.0738. The molecule has 0 amide bonds. The highest BCUT2D eigenvalue weighted by atomic mass is 79.9. The summed E-state index contributed by atoms with van der Waals surface area (Å²) in [6.45, 7) is 1.47. The Hall–Kier alpha value is -1.46. The number of carbonyl (C=O) groups is 2. The van der Waals surface area contributed by atoms with E-state index in [1.165, 1.54) is 18.3 Å². The van der Waals surface area contributed by atoms with Crippen molar-refractivity contribution in [2.24, 2.45) is 0 Å². The molecule has 0 radical (unpaired) electrons. The van der Waals surface area contributed by atoms with Gasteiger partial charge in [0.1, 0.15) is 10.6 Å². The van der Waals surface area contributed by atoms with Gasteiger partial charge in [-0.1, -0.05) is 12.1 Å². The van der Waals surface area contributed by atoms with Crippen LogP contribution in [0.3, 0.4) is 0 Å². The van der Waals surface area contributed by atoms with Crippen molar-refractivity contribution >= 4 is 39.0 Å². The first-order valence-corrected chi connectivity index (χ1v) is 6.76. The smallest absolute Gasteiger partial charge is 0.353 e. The van der Waals surface area contributed by atoms with Gasteiger partial charge in [-0.2, -0.15) is 0 Å². The zero-order valence-electron chi connectivity index (χ0n) is 9.48. The van der Waals surface area contributed by atoms with Crippen molar-refractivity contribution in [3.63, 3.8) is 0 Å². The average molecular weight is 325 g/mol. The number of benzene rings is 1. The van der Waals surface area contributed by atoms with Gasteiger partial charge in [0.25, 0.3) is 0 Å². The molecule has 2 aromatic rings. The normalized spacial score (nSPS) is 10.1. The van der Waals surface area contributed by atoms with E-state index in [1.807, 2.05) is 0 Å². The first-order valence-electron chi connectivity index (χ1n) is 5.15. The number of ether oxygens (including phenoxy) is 1. The standard InChI is InChI=1S/C13H9BrO3S/c1-8(15)9-3-2-4-10(7-9)17-13(16)11-5-6-12(14)18-11/h2-7H,1H3. The molecule has 0 saturated carbocycles. The molecule has 0 unspecified atom stereocenters. The van der Waals surface area contributed by atoms with Crippen molar-refractivity contribution in [1.29, 1.82) is 0 Å². The molecule has 0 fully saturated rings. The van der Waals surface area contributed by atoms with Crippen molar-refractivity contribution in [1.82, 2.24) is 0 Å². The van der Waals surface area contributed by atoms with Crippen molar-refractivity contribution in [2.45, 2.75) is 6.92 Å². The second-order valence-corrected chi connectivity index (χ2v) is 6.04. The number of carbonyl (C=O) groups excluding carboxylic acids is 2. The maximum absolute atomic E-state index is 11.8. The van der Waals surface area contributed by atoms with Crippen LogP contribution in [-0.4, -0.2) is 11.8 Å². The lowest BCUT2D eigenvalue weighted by Gasteiger charge is -2.03. The van der Waals surface area contributed by atoms with Crippen LogP contribution >= 0.6 is 27.3 Å².